The summed E-state index contributed by atoms with van der Waals surface area (Å²) in [5, 5.41) is 5.70. The maximum absolute atomic E-state index is 12.7. The Labute approximate surface area is 293 Å². The van der Waals surface area contributed by atoms with Crippen molar-refractivity contribution in [3.63, 3.8) is 0 Å². The highest BCUT2D eigenvalue weighted by molar-refractivity contribution is 5.87. The summed E-state index contributed by atoms with van der Waals surface area (Å²) in [7, 11) is 0. The third kappa shape index (κ3) is 13.8. The quantitative estimate of drug-likeness (QED) is 0.0923. The first-order chi connectivity index (χ1) is 24.0. The van der Waals surface area contributed by atoms with Crippen molar-refractivity contribution >= 4 is 23.6 Å². The Morgan fingerprint density at radius 3 is 1.24 bits per heavy atom. The third-order valence-electron chi connectivity index (χ3n) is 8.76. The molecule has 49 heavy (non-hydrogen) atoms. The van der Waals surface area contributed by atoms with Crippen LogP contribution in [0.25, 0.3) is 0 Å². The lowest BCUT2D eigenvalue weighted by atomic mass is 10.0. The van der Waals surface area contributed by atoms with Gasteiger partial charge in [0.05, 0.1) is 0 Å². The standard InChI is InChI=1S/C43H54N2O4/c1-3-5-7-9-11-13-19-36-21-15-17-23-40(36)48-42(46)44-38-29-25-34(26-30-38)33-35-27-31-39(32-28-35)45-43(47)49-41-24-18-16-22-37(41)20-14-12-10-8-6-4-2/h15-18,21-32H,3-14,19-20,33H2,1-2H3,(H,44,46)(H,45,47). The van der Waals surface area contributed by atoms with E-state index in [0.717, 1.165) is 47.9 Å². The largest absolute Gasteiger partial charge is 0.417 e. The molecular weight excluding hydrogens is 608 g/mol. The smallest absolute Gasteiger partial charge is 0.410 e. The summed E-state index contributed by atoms with van der Waals surface area (Å²) in [5.74, 6) is 1.23. The van der Waals surface area contributed by atoms with Gasteiger partial charge in [-0.1, -0.05) is 139 Å². The molecule has 0 saturated carbocycles. The van der Waals surface area contributed by atoms with Crippen LogP contribution in [0.5, 0.6) is 11.5 Å². The number of hydrogen-bond donors (Lipinski definition) is 2. The number of anilines is 2. The zero-order valence-electron chi connectivity index (χ0n) is 29.5. The topological polar surface area (TPSA) is 76.7 Å². The first kappa shape index (κ1) is 37.2. The summed E-state index contributed by atoms with van der Waals surface area (Å²) in [4.78, 5) is 25.4. The van der Waals surface area contributed by atoms with Gasteiger partial charge in [-0.05, 0) is 90.8 Å². The third-order valence-corrected chi connectivity index (χ3v) is 8.76. The van der Waals surface area contributed by atoms with Crippen molar-refractivity contribution in [3.05, 3.63) is 119 Å². The normalized spacial score (nSPS) is 10.8. The van der Waals surface area contributed by atoms with Crippen molar-refractivity contribution < 1.29 is 19.1 Å². The molecule has 0 aromatic heterocycles. The van der Waals surface area contributed by atoms with Gasteiger partial charge in [-0.3, -0.25) is 10.6 Å². The molecule has 6 nitrogen and oxygen atoms in total. The van der Waals surface area contributed by atoms with Gasteiger partial charge in [-0.25, -0.2) is 9.59 Å². The number of aryl methyl sites for hydroxylation is 2. The Bertz CT molecular complexity index is 1430. The molecule has 0 aliphatic carbocycles. The fourth-order valence-corrected chi connectivity index (χ4v) is 5.95. The molecule has 6 heteroatoms. The molecule has 0 bridgehead atoms. The van der Waals surface area contributed by atoms with Crippen LogP contribution in [-0.4, -0.2) is 12.2 Å². The molecular formula is C43H54N2O4. The first-order valence-corrected chi connectivity index (χ1v) is 18.4. The molecule has 2 N–H and O–H groups in total. The molecule has 0 atom stereocenters. The van der Waals surface area contributed by atoms with E-state index < -0.39 is 12.2 Å². The summed E-state index contributed by atoms with van der Waals surface area (Å²) in [5.41, 5.74) is 5.68. The lowest BCUT2D eigenvalue weighted by molar-refractivity contribution is 0.213. The number of ether oxygens (including phenoxy) is 2. The molecule has 4 aromatic rings. The average molecular weight is 663 g/mol. The van der Waals surface area contributed by atoms with Crippen LogP contribution < -0.4 is 20.1 Å². The van der Waals surface area contributed by atoms with E-state index in [9.17, 15) is 9.59 Å². The Balaban J connectivity index is 1.20. The van der Waals surface area contributed by atoms with Crippen LogP contribution in [0.15, 0.2) is 97.1 Å². The Morgan fingerprint density at radius 1 is 0.469 bits per heavy atom. The lowest BCUT2D eigenvalue weighted by Crippen LogP contribution is -2.17. The predicted molar refractivity (Wildman–Crippen MR) is 202 cm³/mol. The summed E-state index contributed by atoms with van der Waals surface area (Å²) >= 11 is 0. The minimum Gasteiger partial charge on any atom is -0.410 e. The molecule has 0 radical (unpaired) electrons. The summed E-state index contributed by atoms with van der Waals surface area (Å²) in [6.07, 6.45) is 16.2. The number of unbranched alkanes of at least 4 members (excludes halogenated alkanes) is 10. The minimum absolute atomic E-state index is 0.494. The van der Waals surface area contributed by atoms with E-state index in [1.807, 2.05) is 97.1 Å². The van der Waals surface area contributed by atoms with Crippen LogP contribution >= 0.6 is 0 Å². The summed E-state index contributed by atoms with van der Waals surface area (Å²) < 4.78 is 11.4. The zero-order valence-corrected chi connectivity index (χ0v) is 29.5. The number of nitrogens with one attached hydrogen (secondary N) is 2. The second kappa shape index (κ2) is 21.4. The van der Waals surface area contributed by atoms with Crippen LogP contribution in [0.4, 0.5) is 21.0 Å². The van der Waals surface area contributed by atoms with Gasteiger partial charge in [0.15, 0.2) is 0 Å². The molecule has 0 unspecified atom stereocenters. The molecule has 4 rings (SSSR count). The highest BCUT2D eigenvalue weighted by Gasteiger charge is 2.11. The van der Waals surface area contributed by atoms with E-state index in [1.54, 1.807) is 0 Å². The van der Waals surface area contributed by atoms with Crippen molar-refractivity contribution in [3.8, 4) is 11.5 Å². The van der Waals surface area contributed by atoms with Gasteiger partial charge >= 0.3 is 12.2 Å². The van der Waals surface area contributed by atoms with Crippen LogP contribution in [0, 0.1) is 0 Å². The number of para-hydroxylation sites is 2. The average Bonchev–Trinajstić information content (AvgIpc) is 3.11. The molecule has 0 saturated heterocycles. The summed E-state index contributed by atoms with van der Waals surface area (Å²) in [6.45, 7) is 4.46. The van der Waals surface area contributed by atoms with Gasteiger partial charge in [-0.2, -0.15) is 0 Å². The second-order valence-electron chi connectivity index (χ2n) is 12.9. The SMILES string of the molecule is CCCCCCCCc1ccccc1OC(=O)Nc1ccc(Cc2ccc(NC(=O)Oc3ccccc3CCCCCCCC)cc2)cc1. The number of benzene rings is 4. The number of carbonyl (C=O) groups is 2. The van der Waals surface area contributed by atoms with E-state index in [4.69, 9.17) is 9.47 Å². The molecule has 260 valence electrons. The van der Waals surface area contributed by atoms with E-state index >= 15 is 0 Å². The van der Waals surface area contributed by atoms with Crippen LogP contribution in [0.3, 0.4) is 0 Å². The van der Waals surface area contributed by atoms with Gasteiger partial charge in [0.25, 0.3) is 0 Å². The predicted octanol–water partition coefficient (Wildman–Crippen LogP) is 12.3. The maximum Gasteiger partial charge on any atom is 0.417 e. The highest BCUT2D eigenvalue weighted by atomic mass is 16.6. The van der Waals surface area contributed by atoms with Gasteiger partial charge in [0, 0.05) is 11.4 Å². The Morgan fingerprint density at radius 2 is 0.837 bits per heavy atom. The Hall–Kier alpha value is -4.58. The number of carbonyl (C=O) groups excluding carboxylic acids is 2. The molecule has 4 aromatic carbocycles. The van der Waals surface area contributed by atoms with Crippen molar-refractivity contribution in [2.75, 3.05) is 10.6 Å². The fourth-order valence-electron chi connectivity index (χ4n) is 5.95. The fraction of sp³-hybridized carbons (Fsp3) is 0.395. The zero-order chi connectivity index (χ0) is 34.5. The van der Waals surface area contributed by atoms with Crippen molar-refractivity contribution in [2.24, 2.45) is 0 Å². The number of amides is 2. The molecule has 0 fully saturated rings. The second-order valence-corrected chi connectivity index (χ2v) is 12.9. The van der Waals surface area contributed by atoms with Crippen molar-refractivity contribution in [1.29, 1.82) is 0 Å². The van der Waals surface area contributed by atoms with Gasteiger partial charge in [0.2, 0.25) is 0 Å². The minimum atomic E-state index is -0.494. The van der Waals surface area contributed by atoms with E-state index in [0.29, 0.717) is 29.3 Å². The monoisotopic (exact) mass is 662 g/mol. The number of rotatable bonds is 20. The van der Waals surface area contributed by atoms with Crippen LogP contribution in [-0.2, 0) is 19.3 Å². The highest BCUT2D eigenvalue weighted by Crippen LogP contribution is 2.24. The van der Waals surface area contributed by atoms with E-state index in [2.05, 4.69) is 24.5 Å². The summed E-state index contributed by atoms with van der Waals surface area (Å²) in [6, 6.07) is 31.1. The lowest BCUT2D eigenvalue weighted by Gasteiger charge is -2.12. The van der Waals surface area contributed by atoms with Crippen LogP contribution in [0.2, 0.25) is 0 Å². The van der Waals surface area contributed by atoms with Crippen molar-refractivity contribution in [1.82, 2.24) is 0 Å². The van der Waals surface area contributed by atoms with E-state index in [1.165, 1.54) is 64.2 Å². The molecule has 0 aliphatic heterocycles. The maximum atomic E-state index is 12.7. The molecule has 0 heterocycles. The van der Waals surface area contributed by atoms with E-state index in [-0.39, 0.29) is 0 Å². The van der Waals surface area contributed by atoms with Gasteiger partial charge in [-0.15, -0.1) is 0 Å². The number of hydrogen-bond acceptors (Lipinski definition) is 4. The molecule has 2 amide bonds. The Kier molecular flexibility index (Phi) is 16.3. The van der Waals surface area contributed by atoms with Gasteiger partial charge < -0.3 is 9.47 Å². The molecule has 0 aliphatic rings. The van der Waals surface area contributed by atoms with Crippen molar-refractivity contribution in [2.45, 2.75) is 110 Å². The molecule has 0 spiro atoms. The van der Waals surface area contributed by atoms with Crippen LogP contribution in [0.1, 0.15) is 113 Å². The van der Waals surface area contributed by atoms with Gasteiger partial charge in [0.1, 0.15) is 11.5 Å². The first-order valence-electron chi connectivity index (χ1n) is 18.4.